The molecular weight excluding hydrogens is 268 g/mol. The number of nitrogens with two attached hydrogens (primary N) is 1. The second kappa shape index (κ2) is 5.44. The quantitative estimate of drug-likeness (QED) is 0.848. The predicted molar refractivity (Wildman–Crippen MR) is 85.2 cm³/mol. The van der Waals surface area contributed by atoms with Gasteiger partial charge in [-0.3, -0.25) is 4.79 Å². The van der Waals surface area contributed by atoms with Gasteiger partial charge >= 0.3 is 0 Å². The fourth-order valence-corrected chi connectivity index (χ4v) is 3.47. The molecule has 0 atom stereocenters. The highest BCUT2D eigenvalue weighted by Gasteiger charge is 2.33. The number of carbonyl (C=O) groups is 1. The van der Waals surface area contributed by atoms with Gasteiger partial charge in [-0.15, -0.1) is 11.3 Å². The van der Waals surface area contributed by atoms with Crippen LogP contribution in [0.4, 0.5) is 5.69 Å². The lowest BCUT2D eigenvalue weighted by Crippen LogP contribution is -2.33. The fraction of sp³-hybridized carbons (Fsp3) is 0.438. The third kappa shape index (κ3) is 2.66. The third-order valence-corrected chi connectivity index (χ3v) is 4.86. The van der Waals surface area contributed by atoms with E-state index in [1.54, 1.807) is 11.3 Å². The standard InChI is InChI=1S/C16H20N2OS/c1-2-3-8-18(13-5-6-13)16(19)15-10-11-9-12(17)4-7-14(11)20-15/h4,7,9-10,13H,2-3,5-6,8,17H2,1H3. The van der Waals surface area contributed by atoms with E-state index >= 15 is 0 Å². The van der Waals surface area contributed by atoms with E-state index in [0.717, 1.165) is 52.9 Å². The summed E-state index contributed by atoms with van der Waals surface area (Å²) in [5, 5.41) is 1.07. The van der Waals surface area contributed by atoms with Crippen molar-refractivity contribution in [3.05, 3.63) is 29.1 Å². The molecule has 0 spiro atoms. The SMILES string of the molecule is CCCCN(C(=O)c1cc2cc(N)ccc2s1)C1CC1. The average Bonchev–Trinajstić information content (AvgIpc) is 3.18. The van der Waals surface area contributed by atoms with Crippen LogP contribution in [0.1, 0.15) is 42.3 Å². The van der Waals surface area contributed by atoms with E-state index in [4.69, 9.17) is 5.73 Å². The third-order valence-electron chi connectivity index (χ3n) is 3.75. The number of unbranched alkanes of at least 4 members (excludes halogenated alkanes) is 1. The normalized spacial score (nSPS) is 14.7. The van der Waals surface area contributed by atoms with Crippen LogP contribution in [0.3, 0.4) is 0 Å². The molecular formula is C16H20N2OS. The maximum absolute atomic E-state index is 12.7. The Labute approximate surface area is 123 Å². The van der Waals surface area contributed by atoms with Gasteiger partial charge in [0, 0.05) is 23.0 Å². The maximum Gasteiger partial charge on any atom is 0.264 e. The van der Waals surface area contributed by atoms with E-state index < -0.39 is 0 Å². The summed E-state index contributed by atoms with van der Waals surface area (Å²) in [6.45, 7) is 3.05. The fourth-order valence-electron chi connectivity index (χ4n) is 2.47. The largest absolute Gasteiger partial charge is 0.399 e. The Hall–Kier alpha value is -1.55. The molecule has 1 aromatic carbocycles. The number of hydrogen-bond donors (Lipinski definition) is 1. The van der Waals surface area contributed by atoms with Crippen LogP contribution in [0.15, 0.2) is 24.3 Å². The molecule has 3 nitrogen and oxygen atoms in total. The van der Waals surface area contributed by atoms with E-state index in [-0.39, 0.29) is 5.91 Å². The minimum Gasteiger partial charge on any atom is -0.399 e. The highest BCUT2D eigenvalue weighted by atomic mass is 32.1. The molecule has 3 rings (SSSR count). The summed E-state index contributed by atoms with van der Waals surface area (Å²) < 4.78 is 1.13. The molecule has 0 saturated heterocycles. The Morgan fingerprint density at radius 1 is 1.40 bits per heavy atom. The van der Waals surface area contributed by atoms with Crippen LogP contribution >= 0.6 is 11.3 Å². The molecule has 1 saturated carbocycles. The van der Waals surface area contributed by atoms with Crippen molar-refractivity contribution in [2.24, 2.45) is 0 Å². The summed E-state index contributed by atoms with van der Waals surface area (Å²) in [7, 11) is 0. The van der Waals surface area contributed by atoms with Crippen molar-refractivity contribution in [3.63, 3.8) is 0 Å². The summed E-state index contributed by atoms with van der Waals surface area (Å²) in [5.41, 5.74) is 6.55. The molecule has 1 fully saturated rings. The minimum absolute atomic E-state index is 0.195. The van der Waals surface area contributed by atoms with Gasteiger partial charge < -0.3 is 10.6 Å². The van der Waals surface area contributed by atoms with Crippen molar-refractivity contribution < 1.29 is 4.79 Å². The lowest BCUT2D eigenvalue weighted by atomic mass is 10.2. The Kier molecular flexibility index (Phi) is 3.66. The van der Waals surface area contributed by atoms with E-state index in [1.807, 2.05) is 24.3 Å². The number of fused-ring (bicyclic) bond motifs is 1. The molecule has 1 heterocycles. The zero-order valence-corrected chi connectivity index (χ0v) is 12.6. The first-order valence-corrected chi connectivity index (χ1v) is 8.10. The summed E-state index contributed by atoms with van der Waals surface area (Å²) in [5.74, 6) is 0.195. The number of nitrogens with zero attached hydrogens (tertiary/aromatic N) is 1. The first-order chi connectivity index (χ1) is 9.69. The van der Waals surface area contributed by atoms with Crippen molar-refractivity contribution in [1.82, 2.24) is 4.90 Å². The average molecular weight is 288 g/mol. The molecule has 106 valence electrons. The summed E-state index contributed by atoms with van der Waals surface area (Å²) >= 11 is 1.57. The Balaban J connectivity index is 1.86. The van der Waals surface area contributed by atoms with Gasteiger partial charge in [0.15, 0.2) is 0 Å². The molecule has 0 bridgehead atoms. The monoisotopic (exact) mass is 288 g/mol. The van der Waals surface area contributed by atoms with Gasteiger partial charge in [0.25, 0.3) is 5.91 Å². The Morgan fingerprint density at radius 3 is 2.90 bits per heavy atom. The minimum atomic E-state index is 0.195. The van der Waals surface area contributed by atoms with E-state index in [0.29, 0.717) is 6.04 Å². The molecule has 20 heavy (non-hydrogen) atoms. The van der Waals surface area contributed by atoms with Crippen LogP contribution in [0.25, 0.3) is 10.1 Å². The number of hydrogen-bond acceptors (Lipinski definition) is 3. The number of anilines is 1. The lowest BCUT2D eigenvalue weighted by Gasteiger charge is -2.21. The number of benzene rings is 1. The van der Waals surface area contributed by atoms with Crippen molar-refractivity contribution in [2.45, 2.75) is 38.6 Å². The number of amides is 1. The molecule has 2 aromatic rings. The predicted octanol–water partition coefficient (Wildman–Crippen LogP) is 3.89. The highest BCUT2D eigenvalue weighted by Crippen LogP contribution is 2.32. The van der Waals surface area contributed by atoms with Crippen LogP contribution in [0.2, 0.25) is 0 Å². The molecule has 1 amide bonds. The molecule has 1 aliphatic carbocycles. The van der Waals surface area contributed by atoms with Crippen LogP contribution in [0, 0.1) is 0 Å². The zero-order valence-electron chi connectivity index (χ0n) is 11.8. The van der Waals surface area contributed by atoms with Gasteiger partial charge in [-0.1, -0.05) is 13.3 Å². The van der Waals surface area contributed by atoms with Crippen molar-refractivity contribution >= 4 is 33.0 Å². The number of carbonyl (C=O) groups excluding carboxylic acids is 1. The number of nitrogen functional groups attached to an aromatic ring is 1. The highest BCUT2D eigenvalue weighted by molar-refractivity contribution is 7.20. The van der Waals surface area contributed by atoms with Crippen LogP contribution < -0.4 is 5.73 Å². The lowest BCUT2D eigenvalue weighted by molar-refractivity contribution is 0.0745. The van der Waals surface area contributed by atoms with Crippen LogP contribution in [0.5, 0.6) is 0 Å². The van der Waals surface area contributed by atoms with Gasteiger partial charge in [-0.05, 0) is 48.9 Å². The van der Waals surface area contributed by atoms with Gasteiger partial charge in [0.05, 0.1) is 4.88 Å². The number of rotatable bonds is 5. The molecule has 0 radical (unpaired) electrons. The maximum atomic E-state index is 12.7. The Bertz CT molecular complexity index is 630. The van der Waals surface area contributed by atoms with E-state index in [9.17, 15) is 4.79 Å². The number of thiophene rings is 1. The van der Waals surface area contributed by atoms with Gasteiger partial charge in [0.2, 0.25) is 0 Å². The molecule has 0 aliphatic heterocycles. The molecule has 4 heteroatoms. The topological polar surface area (TPSA) is 46.3 Å². The van der Waals surface area contributed by atoms with Crippen molar-refractivity contribution in [1.29, 1.82) is 0 Å². The van der Waals surface area contributed by atoms with Gasteiger partial charge in [-0.2, -0.15) is 0 Å². The van der Waals surface area contributed by atoms with E-state index in [1.165, 1.54) is 0 Å². The van der Waals surface area contributed by atoms with Crippen LogP contribution in [-0.4, -0.2) is 23.4 Å². The first-order valence-electron chi connectivity index (χ1n) is 7.29. The van der Waals surface area contributed by atoms with Crippen LogP contribution in [-0.2, 0) is 0 Å². The van der Waals surface area contributed by atoms with E-state index in [2.05, 4.69) is 11.8 Å². The van der Waals surface area contributed by atoms with Crippen molar-refractivity contribution in [3.8, 4) is 0 Å². The molecule has 2 N–H and O–H groups in total. The smallest absolute Gasteiger partial charge is 0.264 e. The summed E-state index contributed by atoms with van der Waals surface area (Å²) in [6.07, 6.45) is 4.53. The second-order valence-corrected chi connectivity index (χ2v) is 6.57. The second-order valence-electron chi connectivity index (χ2n) is 5.49. The molecule has 1 aliphatic rings. The summed E-state index contributed by atoms with van der Waals surface area (Å²) in [4.78, 5) is 15.6. The zero-order chi connectivity index (χ0) is 14.1. The molecule has 0 unspecified atom stereocenters. The Morgan fingerprint density at radius 2 is 2.20 bits per heavy atom. The van der Waals surface area contributed by atoms with Gasteiger partial charge in [0.1, 0.15) is 0 Å². The summed E-state index contributed by atoms with van der Waals surface area (Å²) in [6, 6.07) is 8.29. The molecule has 1 aromatic heterocycles. The first kappa shape index (κ1) is 13.4. The van der Waals surface area contributed by atoms with Gasteiger partial charge in [-0.25, -0.2) is 0 Å². The van der Waals surface area contributed by atoms with Crippen molar-refractivity contribution in [2.75, 3.05) is 12.3 Å².